The topological polar surface area (TPSA) is 175 Å². The van der Waals surface area contributed by atoms with E-state index in [2.05, 4.69) is 15.0 Å². The van der Waals surface area contributed by atoms with E-state index >= 15 is 0 Å². The number of carbonyl (C=O) groups excluding carboxylic acids is 3. The molecular weight excluding hydrogens is 737 g/mol. The molecule has 2 aromatic rings. The summed E-state index contributed by atoms with van der Waals surface area (Å²) in [5, 5.41) is 13.7. The fourth-order valence-corrected chi connectivity index (χ4v) is 10.1. The van der Waals surface area contributed by atoms with Gasteiger partial charge >= 0.3 is 6.09 Å². The lowest BCUT2D eigenvalue weighted by molar-refractivity contribution is -0.143. The van der Waals surface area contributed by atoms with Gasteiger partial charge in [-0.25, -0.2) is 27.0 Å². The Morgan fingerprint density at radius 3 is 2.55 bits per heavy atom. The van der Waals surface area contributed by atoms with Crippen molar-refractivity contribution in [2.24, 2.45) is 11.8 Å². The second kappa shape index (κ2) is 13.4. The summed E-state index contributed by atoms with van der Waals surface area (Å²) in [6.07, 6.45) is 8.80. The highest BCUT2D eigenvalue weighted by Gasteiger charge is 2.64. The zero-order valence-corrected chi connectivity index (χ0v) is 31.9. The number of nitrogens with zero attached hydrogens (tertiary/aromatic N) is 3. The van der Waals surface area contributed by atoms with E-state index in [0.717, 1.165) is 31.4 Å². The molecule has 5 atom stereocenters. The molecule has 8 rings (SSSR count). The minimum absolute atomic E-state index is 0.0176. The summed E-state index contributed by atoms with van der Waals surface area (Å²) in [6, 6.07) is -0.144. The highest BCUT2D eigenvalue weighted by atomic mass is 32.2. The van der Waals surface area contributed by atoms with Crippen molar-refractivity contribution in [3.8, 4) is 5.75 Å². The van der Waals surface area contributed by atoms with Crippen LogP contribution in [-0.2, 0) is 30.8 Å². The van der Waals surface area contributed by atoms with E-state index in [0.29, 0.717) is 60.9 Å². The maximum absolute atomic E-state index is 14.9. The fourth-order valence-electron chi connectivity index (χ4n) is 8.74. The highest BCUT2D eigenvalue weighted by Crippen LogP contribution is 2.49. The van der Waals surface area contributed by atoms with Crippen LogP contribution in [0.1, 0.15) is 95.2 Å². The van der Waals surface area contributed by atoms with Crippen LogP contribution in [0, 0.1) is 30.4 Å². The molecule has 4 fully saturated rings. The summed E-state index contributed by atoms with van der Waals surface area (Å²) in [7, 11) is -4.03. The Bertz CT molecular complexity index is 2120. The zero-order chi connectivity index (χ0) is 39.1. The van der Waals surface area contributed by atoms with Gasteiger partial charge in [0.05, 0.1) is 22.5 Å². The number of halogens is 2. The van der Waals surface area contributed by atoms with Gasteiger partial charge in [0, 0.05) is 35.9 Å². The van der Waals surface area contributed by atoms with Crippen molar-refractivity contribution in [2.75, 3.05) is 13.1 Å². The first-order chi connectivity index (χ1) is 26.1. The predicted octanol–water partition coefficient (Wildman–Crippen LogP) is 4.64. The number of hydrogen-bond donors (Lipinski definition) is 3. The van der Waals surface area contributed by atoms with Gasteiger partial charge in [0.15, 0.2) is 11.6 Å². The standard InChI is InChI=1S/C39H47F2N5O8S/c1-22-32-25(26-16-27(40)28(41)17-29(26)42-22)12-13-38(54-32)19-31-33(47)43-39(35(49)44-55(52,53)37(2)14-15-37)18-24(39)8-6-4-3-5-7-9-30(34(48)46(31)21-38)45(36(50)51)20-23-10-11-23/h6,8,16-17,23-24,30-31H,3-5,7,9-15,18-21H2,1-2H3,(H,43,47)(H,44,49)(H,50,51)/b8-6-/t24-,30+,31+,38-,39-/m1/s1. The molecule has 1 spiro atoms. The summed E-state index contributed by atoms with van der Waals surface area (Å²) in [6.45, 7) is 3.36. The van der Waals surface area contributed by atoms with Crippen molar-refractivity contribution in [2.45, 2.75) is 125 Å². The summed E-state index contributed by atoms with van der Waals surface area (Å²) in [5.41, 5.74) is -1.41. The number of benzene rings is 1. The molecule has 55 heavy (non-hydrogen) atoms. The van der Waals surface area contributed by atoms with E-state index in [1.807, 2.05) is 12.2 Å². The second-order valence-corrected chi connectivity index (χ2v) is 19.1. The number of pyridine rings is 1. The third-order valence-corrected chi connectivity index (χ3v) is 14.9. The first-order valence-corrected chi connectivity index (χ1v) is 20.9. The lowest BCUT2D eigenvalue weighted by atomic mass is 9.87. The molecule has 296 valence electrons. The van der Waals surface area contributed by atoms with Crippen molar-refractivity contribution in [3.63, 3.8) is 0 Å². The molecule has 0 bridgehead atoms. The summed E-state index contributed by atoms with van der Waals surface area (Å²) in [4.78, 5) is 63.3. The zero-order valence-electron chi connectivity index (χ0n) is 31.0. The smallest absolute Gasteiger partial charge is 0.407 e. The molecule has 1 aromatic heterocycles. The maximum atomic E-state index is 14.9. The van der Waals surface area contributed by atoms with Crippen molar-refractivity contribution in [3.05, 3.63) is 47.2 Å². The van der Waals surface area contributed by atoms with Gasteiger partial charge in [0.1, 0.15) is 29.0 Å². The number of sulfonamides is 1. The Hall–Kier alpha value is -4.34. The van der Waals surface area contributed by atoms with E-state index in [9.17, 15) is 41.5 Å². The van der Waals surface area contributed by atoms with Crippen molar-refractivity contribution >= 4 is 44.7 Å². The van der Waals surface area contributed by atoms with Crippen molar-refractivity contribution in [1.82, 2.24) is 24.8 Å². The summed E-state index contributed by atoms with van der Waals surface area (Å²) in [5.74, 6) is -4.09. The number of hydrogen-bond acceptors (Lipinski definition) is 8. The van der Waals surface area contributed by atoms with E-state index in [1.165, 1.54) is 9.80 Å². The largest absolute Gasteiger partial charge is 0.483 e. The maximum Gasteiger partial charge on any atom is 0.407 e. The molecular formula is C39H47F2N5O8S. The molecule has 3 saturated carbocycles. The van der Waals surface area contributed by atoms with Gasteiger partial charge in [-0.2, -0.15) is 0 Å². The van der Waals surface area contributed by atoms with Gasteiger partial charge in [0.25, 0.3) is 5.91 Å². The Labute approximate surface area is 318 Å². The van der Waals surface area contributed by atoms with Crippen LogP contribution in [-0.4, -0.2) is 93.2 Å². The van der Waals surface area contributed by atoms with Gasteiger partial charge in [-0.1, -0.05) is 25.0 Å². The molecule has 6 aliphatic rings. The normalized spacial score (nSPS) is 30.8. The number of fused-ring (bicyclic) bond motifs is 5. The quantitative estimate of drug-likeness (QED) is 0.353. The molecule has 0 unspecified atom stereocenters. The van der Waals surface area contributed by atoms with Gasteiger partial charge in [-0.3, -0.25) is 24.0 Å². The molecule has 13 nitrogen and oxygen atoms in total. The number of allylic oxidation sites excluding steroid dienone is 1. The van der Waals surface area contributed by atoms with Crippen LogP contribution in [0.2, 0.25) is 0 Å². The minimum atomic E-state index is -4.03. The van der Waals surface area contributed by atoms with E-state index < -0.39 is 79.4 Å². The Kier molecular flexibility index (Phi) is 9.16. The predicted molar refractivity (Wildman–Crippen MR) is 195 cm³/mol. The molecule has 16 heteroatoms. The number of carbonyl (C=O) groups is 4. The monoisotopic (exact) mass is 783 g/mol. The minimum Gasteiger partial charge on any atom is -0.483 e. The van der Waals surface area contributed by atoms with Crippen molar-refractivity contribution in [1.29, 1.82) is 0 Å². The SMILES string of the molecule is Cc1nc2cc(F)c(F)cc2c2c1O[C@]1(CC2)C[C@H]2C(=O)N[C@]3(C(=O)NS(=O)(=O)C4(C)CC4)C[C@H]3/C=C\CCCCC[C@H](N(CC3CC3)C(=O)O)C(=O)N2C1. The van der Waals surface area contributed by atoms with E-state index in [4.69, 9.17) is 4.74 Å². The van der Waals surface area contributed by atoms with Gasteiger partial charge in [-0.05, 0) is 90.0 Å². The first-order valence-electron chi connectivity index (χ1n) is 19.4. The molecule has 1 aromatic carbocycles. The van der Waals surface area contributed by atoms with Crippen LogP contribution in [0.5, 0.6) is 5.75 Å². The number of aryl methyl sites for hydroxylation is 2. The molecule has 0 radical (unpaired) electrons. The third-order valence-electron chi connectivity index (χ3n) is 12.8. The second-order valence-electron chi connectivity index (χ2n) is 16.9. The molecule has 1 saturated heterocycles. The first kappa shape index (κ1) is 37.6. The number of aromatic nitrogens is 1. The van der Waals surface area contributed by atoms with Crippen LogP contribution in [0.3, 0.4) is 0 Å². The molecule has 4 heterocycles. The average Bonchev–Trinajstić information content (AvgIpc) is 4.07. The van der Waals surface area contributed by atoms with Crippen LogP contribution in [0.25, 0.3) is 10.9 Å². The van der Waals surface area contributed by atoms with E-state index in [-0.39, 0.29) is 50.2 Å². The highest BCUT2D eigenvalue weighted by molar-refractivity contribution is 7.91. The fraction of sp³-hybridized carbons (Fsp3) is 0.615. The number of ether oxygens (including phenoxy) is 1. The number of nitrogens with one attached hydrogen (secondary N) is 2. The van der Waals surface area contributed by atoms with Crippen LogP contribution in [0.4, 0.5) is 13.6 Å². The molecule has 4 amide bonds. The Balaban J connectivity index is 1.16. The lowest BCUT2D eigenvalue weighted by Crippen LogP contribution is -2.59. The Morgan fingerprint density at radius 1 is 1.09 bits per heavy atom. The average molecular weight is 784 g/mol. The van der Waals surface area contributed by atoms with Gasteiger partial charge in [0.2, 0.25) is 21.8 Å². The number of amides is 4. The van der Waals surface area contributed by atoms with Crippen LogP contribution >= 0.6 is 0 Å². The number of rotatable bonds is 6. The van der Waals surface area contributed by atoms with Crippen LogP contribution in [0.15, 0.2) is 24.3 Å². The summed E-state index contributed by atoms with van der Waals surface area (Å²) < 4.78 is 62.9. The van der Waals surface area contributed by atoms with E-state index in [1.54, 1.807) is 13.8 Å². The third kappa shape index (κ3) is 6.81. The van der Waals surface area contributed by atoms with Crippen molar-refractivity contribution < 1.29 is 46.2 Å². The summed E-state index contributed by atoms with van der Waals surface area (Å²) >= 11 is 0. The molecule has 3 aliphatic carbocycles. The Morgan fingerprint density at radius 2 is 1.84 bits per heavy atom. The van der Waals surface area contributed by atoms with Gasteiger partial charge < -0.3 is 20.1 Å². The molecule has 3 N–H and O–H groups in total. The molecule has 3 aliphatic heterocycles. The van der Waals surface area contributed by atoms with Gasteiger partial charge in [-0.15, -0.1) is 0 Å². The lowest BCUT2D eigenvalue weighted by Gasteiger charge is -2.37. The van der Waals surface area contributed by atoms with Crippen LogP contribution < -0.4 is 14.8 Å². The number of carboxylic acid groups (broad SMARTS) is 1.